The predicted octanol–water partition coefficient (Wildman–Crippen LogP) is 21.3. The van der Waals surface area contributed by atoms with Crippen LogP contribution in [0, 0.1) is 0 Å². The maximum Gasteiger partial charge on any atom is 0.411 e. The Kier molecular flexibility index (Phi) is 32.9. The first-order valence-corrected chi connectivity index (χ1v) is 42.1. The van der Waals surface area contributed by atoms with E-state index in [0.717, 1.165) is 181 Å². The summed E-state index contributed by atoms with van der Waals surface area (Å²) in [4.78, 5) is 40.5. The zero-order valence-electron chi connectivity index (χ0n) is 68.8. The number of nitrogens with one attached hydrogen (secondary N) is 3. The third kappa shape index (κ3) is 29.3. The van der Waals surface area contributed by atoms with E-state index >= 15 is 0 Å². The molecular weight excluding hydrogens is 1550 g/mol. The van der Waals surface area contributed by atoms with Gasteiger partial charge in [-0.25, -0.2) is 14.4 Å². The van der Waals surface area contributed by atoms with Gasteiger partial charge in [-0.3, -0.25) is 16.0 Å². The fraction of sp³-hybridized carbons (Fsp3) is 0.343. The molecule has 4 fully saturated rings. The number of carbonyl (C=O) groups excluding carboxylic acids is 3. The van der Waals surface area contributed by atoms with E-state index in [-0.39, 0.29) is 84.6 Å². The fourth-order valence-corrected chi connectivity index (χ4v) is 13.8. The quantitative estimate of drug-likeness (QED) is 0.0302. The highest BCUT2D eigenvalue weighted by Gasteiger charge is 2.21. The van der Waals surface area contributed by atoms with Crippen molar-refractivity contribution in [3.63, 3.8) is 0 Å². The lowest BCUT2D eigenvalue weighted by Crippen LogP contribution is -2.21. The summed E-state index contributed by atoms with van der Waals surface area (Å²) in [5.41, 5.74) is 14.2. The first-order chi connectivity index (χ1) is 60.0. The standard InChI is InChI=1S/C99H107N3O20/c1-2-70-15-17-71(18-16-70)43-48-110-97(103)100-84-49-87(111-62-76-27-39-82(40-28-76)68-121-98(104)101-85-51-89(113-58-72-19-31-78(32-20-72)64-117-93-11-3-7-44-106-93)56-90(52-85)114-59-73-21-33-79(34-22-73)65-118-94-12-4-8-45-107-94)55-88(50-84)112-63-77-29-41-83(42-30-77)69-122-99(105)102-86-53-91(115-60-74-23-35-80(36-24-74)66-119-95-13-5-9-46-108-95)57-92(54-86)116-61-75-25-37-81(38-26-75)67-120-96-14-6-10-47-109-96/h2,15-42,49-57,93-96H,1,3-14,43-48,58-69H2,(H,100,103)(H,101,104)(H,102,105). The van der Waals surface area contributed by atoms with Crippen LogP contribution in [0.25, 0.3) is 6.08 Å². The van der Waals surface area contributed by atoms with Crippen molar-refractivity contribution >= 4 is 41.4 Å². The van der Waals surface area contributed by atoms with Gasteiger partial charge in [0.25, 0.3) is 0 Å². The molecule has 3 N–H and O–H groups in total. The molecule has 23 nitrogen and oxygen atoms in total. The summed E-state index contributed by atoms with van der Waals surface area (Å²) in [7, 11) is 0. The van der Waals surface area contributed by atoms with Crippen LogP contribution in [0.4, 0.5) is 31.4 Å². The van der Waals surface area contributed by atoms with E-state index in [1.807, 2.05) is 170 Å². The van der Waals surface area contributed by atoms with E-state index in [2.05, 4.69) is 22.5 Å². The van der Waals surface area contributed by atoms with Crippen LogP contribution < -0.4 is 44.4 Å². The molecule has 4 atom stereocenters. The van der Waals surface area contributed by atoms with Crippen molar-refractivity contribution in [1.29, 1.82) is 0 Å². The first kappa shape index (κ1) is 86.6. The highest BCUT2D eigenvalue weighted by molar-refractivity contribution is 5.87. The van der Waals surface area contributed by atoms with Crippen LogP contribution in [0.2, 0.25) is 0 Å². The molecule has 0 radical (unpaired) electrons. The van der Waals surface area contributed by atoms with Gasteiger partial charge in [-0.05, 0) is 155 Å². The molecule has 0 bridgehead atoms. The number of ether oxygens (including phenoxy) is 17. The number of rotatable bonds is 41. The molecule has 0 aromatic heterocycles. The third-order valence-corrected chi connectivity index (χ3v) is 20.8. The van der Waals surface area contributed by atoms with Gasteiger partial charge < -0.3 is 80.5 Å². The van der Waals surface area contributed by atoms with Gasteiger partial charge in [0.05, 0.1) is 50.1 Å². The zero-order chi connectivity index (χ0) is 83.5. The number of anilines is 3. The minimum atomic E-state index is -0.678. The Balaban J connectivity index is 0.573. The van der Waals surface area contributed by atoms with Crippen molar-refractivity contribution in [2.24, 2.45) is 0 Å². The van der Waals surface area contributed by atoms with Crippen LogP contribution in [0.1, 0.15) is 155 Å². The molecule has 4 heterocycles. The molecule has 0 spiro atoms. The van der Waals surface area contributed by atoms with E-state index < -0.39 is 18.3 Å². The minimum absolute atomic E-state index is 0.0288. The smallest absolute Gasteiger partial charge is 0.411 e. The molecule has 638 valence electrons. The van der Waals surface area contributed by atoms with Crippen molar-refractivity contribution in [2.45, 2.75) is 188 Å². The number of hydrogen-bond acceptors (Lipinski definition) is 20. The highest BCUT2D eigenvalue weighted by atomic mass is 16.7. The van der Waals surface area contributed by atoms with E-state index in [9.17, 15) is 14.4 Å². The second-order valence-electron chi connectivity index (χ2n) is 30.5. The Bertz CT molecular complexity index is 4450. The topological polar surface area (TPSA) is 244 Å². The molecule has 23 heteroatoms. The Morgan fingerprint density at radius 1 is 0.279 bits per heavy atom. The summed E-state index contributed by atoms with van der Waals surface area (Å²) in [6, 6.07) is 70.7. The molecule has 0 saturated carbocycles. The van der Waals surface area contributed by atoms with Crippen molar-refractivity contribution in [1.82, 2.24) is 0 Å². The Morgan fingerprint density at radius 2 is 0.500 bits per heavy atom. The van der Waals surface area contributed by atoms with E-state index in [4.69, 9.17) is 80.5 Å². The monoisotopic (exact) mass is 1660 g/mol. The molecule has 4 aliphatic rings. The summed E-state index contributed by atoms with van der Waals surface area (Å²) in [6.45, 7) is 9.96. The molecule has 4 unspecified atom stereocenters. The van der Waals surface area contributed by atoms with Gasteiger partial charge in [0.15, 0.2) is 25.2 Å². The lowest BCUT2D eigenvalue weighted by molar-refractivity contribution is -0.169. The first-order valence-electron chi connectivity index (χ1n) is 42.1. The van der Waals surface area contributed by atoms with Crippen LogP contribution in [-0.4, -0.2) is 76.5 Å². The molecule has 4 saturated heterocycles. The van der Waals surface area contributed by atoms with Gasteiger partial charge in [0.1, 0.15) is 87.4 Å². The SMILES string of the molecule is C=Cc1ccc(CCOC(=O)Nc2cc(OCc3ccc(COC(=O)Nc4cc(OCc5ccc(COC6CCCCO6)cc5)cc(OCc5ccc(COC6CCCCO6)cc5)c4)cc3)cc(OCc3ccc(COC(=O)Nc4cc(OCc5ccc(COC6CCCCO6)cc5)cc(OCc5ccc(COC6CCCCO6)cc5)c4)cc3)c2)cc1. The summed E-state index contributed by atoms with van der Waals surface area (Å²) in [6.07, 6.45) is 11.8. The van der Waals surface area contributed by atoms with Crippen molar-refractivity contribution < 1.29 is 94.9 Å². The lowest BCUT2D eigenvalue weighted by atomic mass is 10.1. The summed E-state index contributed by atoms with van der Waals surface area (Å²) in [5, 5.41) is 8.59. The summed E-state index contributed by atoms with van der Waals surface area (Å²) >= 11 is 0. The second kappa shape index (κ2) is 46.3. The fourth-order valence-electron chi connectivity index (χ4n) is 13.8. The molecule has 122 heavy (non-hydrogen) atoms. The van der Waals surface area contributed by atoms with Crippen molar-refractivity contribution in [2.75, 3.05) is 49.0 Å². The largest absolute Gasteiger partial charge is 0.489 e. The average Bonchev–Trinajstić information content (AvgIpc) is 0.853. The molecule has 0 aliphatic carbocycles. The Hall–Kier alpha value is -11.8. The normalized spacial score (nSPS) is 16.4. The number of benzene rings is 10. The third-order valence-electron chi connectivity index (χ3n) is 20.8. The van der Waals surface area contributed by atoms with Crippen molar-refractivity contribution in [3.8, 4) is 34.5 Å². The van der Waals surface area contributed by atoms with E-state index in [1.54, 1.807) is 60.7 Å². The van der Waals surface area contributed by atoms with Crippen LogP contribution in [0.5, 0.6) is 34.5 Å². The molecule has 10 aromatic carbocycles. The van der Waals surface area contributed by atoms with Gasteiger partial charge in [-0.15, -0.1) is 0 Å². The Labute approximate surface area is 713 Å². The predicted molar refractivity (Wildman–Crippen MR) is 460 cm³/mol. The zero-order valence-corrected chi connectivity index (χ0v) is 68.8. The number of amides is 3. The van der Waals surface area contributed by atoms with E-state index in [0.29, 0.717) is 84.4 Å². The molecule has 4 aliphatic heterocycles. The molecule has 14 rings (SSSR count). The lowest BCUT2D eigenvalue weighted by Gasteiger charge is -2.22. The van der Waals surface area contributed by atoms with Crippen LogP contribution in [0.3, 0.4) is 0 Å². The van der Waals surface area contributed by atoms with Crippen LogP contribution in [-0.2, 0) is 138 Å². The van der Waals surface area contributed by atoms with Gasteiger partial charge in [-0.2, -0.15) is 0 Å². The average molecular weight is 1660 g/mol. The number of hydrogen-bond donors (Lipinski definition) is 3. The number of carbonyl (C=O) groups is 3. The highest BCUT2D eigenvalue weighted by Crippen LogP contribution is 2.33. The Morgan fingerprint density at radius 3 is 0.730 bits per heavy atom. The molecular formula is C99H107N3O20. The maximum atomic E-state index is 13.6. The van der Waals surface area contributed by atoms with Crippen LogP contribution in [0.15, 0.2) is 231 Å². The second-order valence-corrected chi connectivity index (χ2v) is 30.5. The molecule has 3 amide bonds. The van der Waals surface area contributed by atoms with Gasteiger partial charge in [0, 0.05) is 87.4 Å². The minimum Gasteiger partial charge on any atom is -0.489 e. The van der Waals surface area contributed by atoms with Crippen LogP contribution >= 0.6 is 0 Å². The van der Waals surface area contributed by atoms with Gasteiger partial charge >= 0.3 is 18.3 Å². The maximum absolute atomic E-state index is 13.6. The van der Waals surface area contributed by atoms with Gasteiger partial charge in [0.2, 0.25) is 0 Å². The summed E-state index contributed by atoms with van der Waals surface area (Å²) < 4.78 is 102. The van der Waals surface area contributed by atoms with Crippen molar-refractivity contribution in [3.05, 3.63) is 309 Å². The van der Waals surface area contributed by atoms with E-state index in [1.165, 1.54) is 0 Å². The van der Waals surface area contributed by atoms with Gasteiger partial charge in [-0.1, -0.05) is 183 Å². The summed E-state index contributed by atoms with van der Waals surface area (Å²) in [5.74, 6) is 2.74. The molecule has 10 aromatic rings.